The first-order chi connectivity index (χ1) is 15.7. The Morgan fingerprint density at radius 2 is 1.19 bits per heavy atom. The first-order valence-electron chi connectivity index (χ1n) is 11.9. The minimum absolute atomic E-state index is 0.143. The van der Waals surface area contributed by atoms with Gasteiger partial charge in [-0.2, -0.15) is 0 Å². The van der Waals surface area contributed by atoms with Gasteiger partial charge in [0.1, 0.15) is 11.5 Å². The molecule has 0 spiro atoms. The van der Waals surface area contributed by atoms with Gasteiger partial charge in [0.2, 0.25) is 0 Å². The molecule has 32 heavy (non-hydrogen) atoms. The highest BCUT2D eigenvalue weighted by atomic mass is 35.5. The summed E-state index contributed by atoms with van der Waals surface area (Å²) in [6, 6.07) is 15.5. The summed E-state index contributed by atoms with van der Waals surface area (Å²) < 4.78 is 16.5. The summed E-state index contributed by atoms with van der Waals surface area (Å²) in [5, 5.41) is 0.738. The normalized spacial score (nSPS) is 10.7. The molecule has 0 saturated carbocycles. The van der Waals surface area contributed by atoms with Crippen molar-refractivity contribution in [1.82, 2.24) is 0 Å². The molecule has 4 nitrogen and oxygen atoms in total. The fraction of sp³-hybridized carbons (Fsp3) is 0.519. The van der Waals surface area contributed by atoms with Gasteiger partial charge in [-0.05, 0) is 68.1 Å². The fourth-order valence-corrected chi connectivity index (χ4v) is 3.53. The molecule has 0 aliphatic heterocycles. The molecule has 0 radical (unpaired) electrons. The number of esters is 1. The van der Waals surface area contributed by atoms with Crippen LogP contribution in [0, 0.1) is 0 Å². The summed E-state index contributed by atoms with van der Waals surface area (Å²) in [5.41, 5.74) is 1.13. The van der Waals surface area contributed by atoms with Gasteiger partial charge in [-0.3, -0.25) is 4.79 Å². The van der Waals surface area contributed by atoms with E-state index < -0.39 is 0 Å². The van der Waals surface area contributed by atoms with Gasteiger partial charge in [0, 0.05) is 11.4 Å². The third kappa shape index (κ3) is 12.0. The third-order valence-electron chi connectivity index (χ3n) is 5.24. The van der Waals surface area contributed by atoms with Crippen molar-refractivity contribution in [2.45, 2.75) is 71.1 Å². The van der Waals surface area contributed by atoms with Crippen LogP contribution in [0.25, 0.3) is 0 Å². The zero-order valence-electron chi connectivity index (χ0n) is 19.3. The molecular formula is C27H37ClO4. The summed E-state index contributed by atoms with van der Waals surface area (Å²) >= 11 is 5.87. The zero-order valence-corrected chi connectivity index (χ0v) is 20.1. The molecule has 5 heteroatoms. The number of aryl methyl sites for hydroxylation is 1. The second-order valence-corrected chi connectivity index (χ2v) is 8.36. The van der Waals surface area contributed by atoms with E-state index in [1.165, 1.54) is 38.5 Å². The van der Waals surface area contributed by atoms with Gasteiger partial charge in [-0.15, -0.1) is 0 Å². The van der Waals surface area contributed by atoms with Crippen LogP contribution in [-0.2, 0) is 16.0 Å². The van der Waals surface area contributed by atoms with Gasteiger partial charge in [-0.1, -0.05) is 62.3 Å². The van der Waals surface area contributed by atoms with Crippen LogP contribution in [-0.4, -0.2) is 25.8 Å². The van der Waals surface area contributed by atoms with Gasteiger partial charge >= 0.3 is 5.97 Å². The lowest BCUT2D eigenvalue weighted by atomic mass is 10.1. The average molecular weight is 461 g/mol. The van der Waals surface area contributed by atoms with Crippen molar-refractivity contribution in [3.05, 3.63) is 59.1 Å². The lowest BCUT2D eigenvalue weighted by Gasteiger charge is -2.08. The molecule has 2 rings (SSSR count). The maximum absolute atomic E-state index is 11.4. The Bertz CT molecular complexity index is 743. The predicted molar refractivity (Wildman–Crippen MR) is 131 cm³/mol. The summed E-state index contributed by atoms with van der Waals surface area (Å²) in [6.45, 7) is 3.79. The van der Waals surface area contributed by atoms with E-state index in [2.05, 4.69) is 0 Å². The summed E-state index contributed by atoms with van der Waals surface area (Å²) in [4.78, 5) is 11.4. The van der Waals surface area contributed by atoms with Crippen molar-refractivity contribution in [2.75, 3.05) is 19.8 Å². The Morgan fingerprint density at radius 1 is 0.719 bits per heavy atom. The van der Waals surface area contributed by atoms with E-state index in [9.17, 15) is 4.79 Å². The van der Waals surface area contributed by atoms with E-state index in [1.807, 2.05) is 55.5 Å². The SMILES string of the molecule is CCOC(=O)CCc1ccc(OCCCCCCCCCCOc2ccc(Cl)cc2)cc1. The van der Waals surface area contributed by atoms with E-state index in [0.29, 0.717) is 19.4 Å². The Labute approximate surface area is 198 Å². The van der Waals surface area contributed by atoms with Crippen molar-refractivity contribution in [3.8, 4) is 11.5 Å². The molecule has 0 aliphatic rings. The largest absolute Gasteiger partial charge is 0.494 e. The highest BCUT2D eigenvalue weighted by Crippen LogP contribution is 2.17. The predicted octanol–water partition coefficient (Wildman–Crippen LogP) is 7.41. The van der Waals surface area contributed by atoms with Crippen LogP contribution in [0.5, 0.6) is 11.5 Å². The molecule has 0 heterocycles. The molecular weight excluding hydrogens is 424 g/mol. The number of unbranched alkanes of at least 4 members (excludes halogenated alkanes) is 7. The molecule has 0 N–H and O–H groups in total. The first-order valence-corrected chi connectivity index (χ1v) is 12.3. The van der Waals surface area contributed by atoms with Crippen molar-refractivity contribution in [3.63, 3.8) is 0 Å². The van der Waals surface area contributed by atoms with Crippen LogP contribution in [0.1, 0.15) is 70.3 Å². The lowest BCUT2D eigenvalue weighted by molar-refractivity contribution is -0.143. The number of rotatable bonds is 17. The smallest absolute Gasteiger partial charge is 0.306 e. The van der Waals surface area contributed by atoms with E-state index in [1.54, 1.807) is 0 Å². The topological polar surface area (TPSA) is 44.8 Å². The number of carbonyl (C=O) groups excluding carboxylic acids is 1. The maximum atomic E-state index is 11.4. The second-order valence-electron chi connectivity index (χ2n) is 7.93. The van der Waals surface area contributed by atoms with Gasteiger partial charge in [0.25, 0.3) is 0 Å². The summed E-state index contributed by atoms with van der Waals surface area (Å²) in [5.74, 6) is 1.64. The Morgan fingerprint density at radius 3 is 1.69 bits per heavy atom. The van der Waals surface area contributed by atoms with Crippen LogP contribution >= 0.6 is 11.6 Å². The fourth-order valence-electron chi connectivity index (χ4n) is 3.41. The van der Waals surface area contributed by atoms with E-state index in [-0.39, 0.29) is 5.97 Å². The molecule has 176 valence electrons. The Kier molecular flexibility index (Phi) is 13.4. The molecule has 0 amide bonds. The maximum Gasteiger partial charge on any atom is 0.306 e. The number of ether oxygens (including phenoxy) is 3. The first kappa shape index (κ1) is 26.1. The summed E-state index contributed by atoms with van der Waals surface area (Å²) in [7, 11) is 0. The Balaban J connectivity index is 1.39. The molecule has 0 saturated heterocycles. The number of halogens is 1. The number of carbonyl (C=O) groups is 1. The van der Waals surface area contributed by atoms with Crippen LogP contribution in [0.15, 0.2) is 48.5 Å². The molecule has 0 bridgehead atoms. The van der Waals surface area contributed by atoms with Crippen molar-refractivity contribution >= 4 is 17.6 Å². The van der Waals surface area contributed by atoms with E-state index >= 15 is 0 Å². The molecule has 0 unspecified atom stereocenters. The van der Waals surface area contributed by atoms with Crippen molar-refractivity contribution in [2.24, 2.45) is 0 Å². The summed E-state index contributed by atoms with van der Waals surface area (Å²) in [6.07, 6.45) is 10.8. The lowest BCUT2D eigenvalue weighted by Crippen LogP contribution is -2.05. The highest BCUT2D eigenvalue weighted by Gasteiger charge is 2.03. The molecule has 0 fully saturated rings. The molecule has 2 aromatic carbocycles. The van der Waals surface area contributed by atoms with Crippen molar-refractivity contribution in [1.29, 1.82) is 0 Å². The number of hydrogen-bond donors (Lipinski definition) is 0. The highest BCUT2D eigenvalue weighted by molar-refractivity contribution is 6.30. The van der Waals surface area contributed by atoms with Gasteiger partial charge in [0.15, 0.2) is 0 Å². The third-order valence-corrected chi connectivity index (χ3v) is 5.49. The van der Waals surface area contributed by atoms with Crippen LogP contribution in [0.3, 0.4) is 0 Å². The van der Waals surface area contributed by atoms with Gasteiger partial charge in [-0.25, -0.2) is 0 Å². The van der Waals surface area contributed by atoms with Crippen LogP contribution in [0.4, 0.5) is 0 Å². The van der Waals surface area contributed by atoms with E-state index in [0.717, 1.165) is 48.1 Å². The molecule has 0 aromatic heterocycles. The van der Waals surface area contributed by atoms with Crippen LogP contribution in [0.2, 0.25) is 5.02 Å². The molecule has 2 aromatic rings. The standard InChI is InChI=1S/C27H37ClO4/c1-2-30-27(29)20-13-23-11-16-25(17-12-23)31-21-9-7-5-3-4-6-8-10-22-32-26-18-14-24(28)15-19-26/h11-12,14-19H,2-10,13,20-22H2,1H3. The van der Waals surface area contributed by atoms with Gasteiger partial charge < -0.3 is 14.2 Å². The minimum atomic E-state index is -0.143. The second kappa shape index (κ2) is 16.4. The van der Waals surface area contributed by atoms with E-state index in [4.69, 9.17) is 25.8 Å². The quantitative estimate of drug-likeness (QED) is 0.182. The Hall–Kier alpha value is -2.20. The zero-order chi connectivity index (χ0) is 22.9. The molecule has 0 aliphatic carbocycles. The monoisotopic (exact) mass is 460 g/mol. The minimum Gasteiger partial charge on any atom is -0.494 e. The number of hydrogen-bond acceptors (Lipinski definition) is 4. The average Bonchev–Trinajstić information content (AvgIpc) is 2.80. The van der Waals surface area contributed by atoms with Crippen LogP contribution < -0.4 is 9.47 Å². The van der Waals surface area contributed by atoms with Gasteiger partial charge in [0.05, 0.1) is 19.8 Å². The molecule has 0 atom stereocenters. The van der Waals surface area contributed by atoms with Crippen molar-refractivity contribution < 1.29 is 19.0 Å². The number of benzene rings is 2.